The zero-order chi connectivity index (χ0) is 14.8. The second kappa shape index (κ2) is 5.46. The van der Waals surface area contributed by atoms with E-state index in [0.29, 0.717) is 11.1 Å². The average molecular weight is 287 g/mol. The van der Waals surface area contributed by atoms with Crippen LogP contribution in [0.2, 0.25) is 0 Å². The molecule has 0 aliphatic carbocycles. The molecule has 1 N–H and O–H groups in total. The van der Waals surface area contributed by atoms with Gasteiger partial charge in [-0.05, 0) is 29.7 Å². The monoisotopic (exact) mass is 287 g/mol. The number of benzene rings is 2. The van der Waals surface area contributed by atoms with E-state index in [0.717, 1.165) is 23.6 Å². The summed E-state index contributed by atoms with van der Waals surface area (Å²) >= 11 is 0. The van der Waals surface area contributed by atoms with Gasteiger partial charge in [0.25, 0.3) is 0 Å². The summed E-state index contributed by atoms with van der Waals surface area (Å²) in [5, 5.41) is 10.7. The third-order valence-electron chi connectivity index (χ3n) is 3.02. The minimum absolute atomic E-state index is 0.127. The van der Waals surface area contributed by atoms with Crippen molar-refractivity contribution in [2.75, 3.05) is 0 Å². The smallest absolute Gasteiger partial charge is 0.227 e. The van der Waals surface area contributed by atoms with Gasteiger partial charge in [-0.25, -0.2) is 13.8 Å². The highest BCUT2D eigenvalue weighted by Crippen LogP contribution is 2.30. The summed E-state index contributed by atoms with van der Waals surface area (Å²) in [6.07, 6.45) is 0. The molecule has 1 aromatic heterocycles. The van der Waals surface area contributed by atoms with Crippen LogP contribution in [-0.4, -0.2) is 10.1 Å². The molecule has 3 nitrogen and oxygen atoms in total. The topological polar surface area (TPSA) is 42.4 Å². The van der Waals surface area contributed by atoms with Crippen LogP contribution >= 0.6 is 0 Å². The highest BCUT2D eigenvalue weighted by Gasteiger charge is 2.11. The van der Waals surface area contributed by atoms with Gasteiger partial charge >= 0.3 is 0 Å². The van der Waals surface area contributed by atoms with Crippen molar-refractivity contribution in [1.82, 2.24) is 4.98 Å². The molecule has 0 radical (unpaired) electrons. The summed E-state index contributed by atoms with van der Waals surface area (Å²) in [6, 6.07) is 11.9. The van der Waals surface area contributed by atoms with E-state index in [4.69, 9.17) is 4.74 Å². The van der Waals surface area contributed by atoms with Crippen molar-refractivity contribution < 1.29 is 18.6 Å². The lowest BCUT2D eigenvalue weighted by Crippen LogP contribution is -1.97. The molecule has 0 aliphatic heterocycles. The molecule has 3 rings (SSSR count). The number of hydrogen-bond donors (Lipinski definition) is 1. The van der Waals surface area contributed by atoms with Crippen LogP contribution in [0.5, 0.6) is 11.6 Å². The Bertz CT molecular complexity index is 805. The van der Waals surface area contributed by atoms with Crippen molar-refractivity contribution in [3.63, 3.8) is 0 Å². The third kappa shape index (κ3) is 2.68. The fourth-order valence-electron chi connectivity index (χ4n) is 2.04. The molecule has 0 saturated carbocycles. The molecule has 1 heterocycles. The van der Waals surface area contributed by atoms with Crippen LogP contribution in [-0.2, 0) is 6.61 Å². The first-order valence-electron chi connectivity index (χ1n) is 6.30. The summed E-state index contributed by atoms with van der Waals surface area (Å²) in [5.74, 6) is -1.41. The first-order valence-corrected chi connectivity index (χ1v) is 6.30. The molecule has 0 unspecified atom stereocenters. The van der Waals surface area contributed by atoms with E-state index in [9.17, 15) is 13.9 Å². The normalized spacial score (nSPS) is 10.8. The Labute approximate surface area is 119 Å². The van der Waals surface area contributed by atoms with Gasteiger partial charge in [0.2, 0.25) is 5.88 Å². The minimum atomic E-state index is -0.684. The fourth-order valence-corrected chi connectivity index (χ4v) is 2.04. The van der Waals surface area contributed by atoms with Crippen LogP contribution in [0.15, 0.2) is 48.5 Å². The first kappa shape index (κ1) is 13.5. The summed E-state index contributed by atoms with van der Waals surface area (Å²) < 4.78 is 32.3. The van der Waals surface area contributed by atoms with E-state index < -0.39 is 11.6 Å². The molecule has 0 atom stereocenters. The Kier molecular flexibility index (Phi) is 3.50. The first-order chi connectivity index (χ1) is 10.2. The van der Waals surface area contributed by atoms with Crippen molar-refractivity contribution in [3.8, 4) is 11.6 Å². The zero-order valence-corrected chi connectivity index (χ0v) is 10.9. The minimum Gasteiger partial charge on any atom is -0.435 e. The molecule has 3 aromatic rings. The van der Waals surface area contributed by atoms with E-state index in [1.165, 1.54) is 0 Å². The molecule has 106 valence electrons. The molecule has 0 fully saturated rings. The number of aromatic nitrogens is 1. The van der Waals surface area contributed by atoms with E-state index in [-0.39, 0.29) is 18.2 Å². The molecule has 0 saturated heterocycles. The maximum Gasteiger partial charge on any atom is 0.227 e. The molecule has 5 heteroatoms. The third-order valence-corrected chi connectivity index (χ3v) is 3.02. The van der Waals surface area contributed by atoms with Gasteiger partial charge in [-0.15, -0.1) is 0 Å². The zero-order valence-electron chi connectivity index (χ0n) is 10.9. The molecule has 0 spiro atoms. The van der Waals surface area contributed by atoms with Crippen LogP contribution in [0, 0.1) is 11.6 Å². The SMILES string of the molecule is OCc1cc2ccccc2c(Oc2cc(F)ccc2F)n1. The molecule has 2 aromatic carbocycles. The Balaban J connectivity index is 2.13. The fraction of sp³-hybridized carbons (Fsp3) is 0.0625. The second-order valence-corrected chi connectivity index (χ2v) is 4.47. The van der Waals surface area contributed by atoms with Crippen molar-refractivity contribution in [2.24, 2.45) is 0 Å². The van der Waals surface area contributed by atoms with E-state index >= 15 is 0 Å². The largest absolute Gasteiger partial charge is 0.435 e. The predicted octanol–water partition coefficient (Wildman–Crippen LogP) is 3.80. The Morgan fingerprint density at radius 2 is 1.86 bits per heavy atom. The van der Waals surface area contributed by atoms with Crippen molar-refractivity contribution in [2.45, 2.75) is 6.61 Å². The van der Waals surface area contributed by atoms with E-state index in [2.05, 4.69) is 4.98 Å². The van der Waals surface area contributed by atoms with Gasteiger partial charge < -0.3 is 9.84 Å². The Morgan fingerprint density at radius 3 is 2.67 bits per heavy atom. The lowest BCUT2D eigenvalue weighted by molar-refractivity contribution is 0.275. The summed E-state index contributed by atoms with van der Waals surface area (Å²) in [5.41, 5.74) is 0.389. The van der Waals surface area contributed by atoms with Gasteiger partial charge in [0.15, 0.2) is 11.6 Å². The molecule has 21 heavy (non-hydrogen) atoms. The predicted molar refractivity (Wildman–Crippen MR) is 74.1 cm³/mol. The Morgan fingerprint density at radius 1 is 1.05 bits per heavy atom. The molecule has 0 amide bonds. The van der Waals surface area contributed by atoms with Gasteiger partial charge in [-0.2, -0.15) is 0 Å². The number of fused-ring (bicyclic) bond motifs is 1. The maximum absolute atomic E-state index is 13.7. The summed E-state index contributed by atoms with van der Waals surface area (Å²) in [4.78, 5) is 4.12. The van der Waals surface area contributed by atoms with Crippen molar-refractivity contribution in [3.05, 3.63) is 65.9 Å². The summed E-state index contributed by atoms with van der Waals surface area (Å²) in [7, 11) is 0. The van der Waals surface area contributed by atoms with Crippen LogP contribution in [0.3, 0.4) is 0 Å². The molecular formula is C16H11F2NO2. The molecule has 0 bridgehead atoms. The standard InChI is InChI=1S/C16H11F2NO2/c17-11-5-6-14(18)15(8-11)21-16-13-4-2-1-3-10(13)7-12(9-20)19-16/h1-8,20H,9H2. The molecular weight excluding hydrogens is 276 g/mol. The number of ether oxygens (including phenoxy) is 1. The van der Waals surface area contributed by atoms with Crippen LogP contribution < -0.4 is 4.74 Å². The van der Waals surface area contributed by atoms with Gasteiger partial charge in [-0.3, -0.25) is 0 Å². The second-order valence-electron chi connectivity index (χ2n) is 4.47. The van der Waals surface area contributed by atoms with Gasteiger partial charge in [0, 0.05) is 11.5 Å². The number of aliphatic hydroxyl groups excluding tert-OH is 1. The quantitative estimate of drug-likeness (QED) is 0.796. The lowest BCUT2D eigenvalue weighted by atomic mass is 10.1. The highest BCUT2D eigenvalue weighted by molar-refractivity contribution is 5.87. The number of halogens is 2. The van der Waals surface area contributed by atoms with Crippen molar-refractivity contribution >= 4 is 10.8 Å². The number of aliphatic hydroxyl groups is 1. The van der Waals surface area contributed by atoms with E-state index in [1.54, 1.807) is 18.2 Å². The van der Waals surface area contributed by atoms with Gasteiger partial charge in [-0.1, -0.05) is 18.2 Å². The Hall–Kier alpha value is -2.53. The van der Waals surface area contributed by atoms with Gasteiger partial charge in [0.05, 0.1) is 12.3 Å². The van der Waals surface area contributed by atoms with Crippen molar-refractivity contribution in [1.29, 1.82) is 0 Å². The lowest BCUT2D eigenvalue weighted by Gasteiger charge is -2.10. The van der Waals surface area contributed by atoms with Crippen LogP contribution in [0.1, 0.15) is 5.69 Å². The number of pyridine rings is 1. The van der Waals surface area contributed by atoms with E-state index in [1.807, 2.05) is 12.1 Å². The van der Waals surface area contributed by atoms with Crippen LogP contribution in [0.4, 0.5) is 8.78 Å². The number of nitrogens with zero attached hydrogens (tertiary/aromatic N) is 1. The van der Waals surface area contributed by atoms with Crippen LogP contribution in [0.25, 0.3) is 10.8 Å². The average Bonchev–Trinajstić information content (AvgIpc) is 2.50. The maximum atomic E-state index is 13.7. The number of rotatable bonds is 3. The number of hydrogen-bond acceptors (Lipinski definition) is 3. The molecule has 0 aliphatic rings. The highest BCUT2D eigenvalue weighted by atomic mass is 19.1. The summed E-state index contributed by atoms with van der Waals surface area (Å²) in [6.45, 7) is -0.271. The van der Waals surface area contributed by atoms with Gasteiger partial charge in [0.1, 0.15) is 5.82 Å².